The highest BCUT2D eigenvalue weighted by Gasteiger charge is 2.03. The molecule has 0 atom stereocenters. The molecule has 0 aromatic carbocycles. The van der Waals surface area contributed by atoms with Gasteiger partial charge in [0.1, 0.15) is 5.15 Å². The van der Waals surface area contributed by atoms with E-state index in [1.54, 1.807) is 26.2 Å². The number of hydrogen-bond acceptors (Lipinski definition) is 5. The number of pyridine rings is 1. The van der Waals surface area contributed by atoms with Crippen molar-refractivity contribution in [2.75, 3.05) is 13.6 Å². The average molecular weight is 309 g/mol. The van der Waals surface area contributed by atoms with E-state index in [1.165, 1.54) is 0 Å². The van der Waals surface area contributed by atoms with Gasteiger partial charge in [0.15, 0.2) is 11.8 Å². The second-order valence-electron chi connectivity index (χ2n) is 4.32. The van der Waals surface area contributed by atoms with Crippen LogP contribution in [0, 0.1) is 6.92 Å². The van der Waals surface area contributed by atoms with Crippen molar-refractivity contribution < 1.29 is 4.52 Å². The maximum absolute atomic E-state index is 5.74. The van der Waals surface area contributed by atoms with Crippen LogP contribution in [-0.4, -0.2) is 34.7 Å². The standard InChI is InChI=1S/C13H17ClN6O/c1-9-19-12(20-21-9)8-18-13(15-2)16-6-5-10-3-4-11(14)17-7-10/h3-4,7H,5-6,8H2,1-2H3,(H2,15,16,18). The minimum Gasteiger partial charge on any atom is -0.356 e. The van der Waals surface area contributed by atoms with E-state index in [2.05, 4.69) is 30.8 Å². The van der Waals surface area contributed by atoms with Gasteiger partial charge in [-0.2, -0.15) is 4.98 Å². The Labute approximate surface area is 127 Å². The van der Waals surface area contributed by atoms with Crippen molar-refractivity contribution in [1.82, 2.24) is 25.8 Å². The molecule has 8 heteroatoms. The van der Waals surface area contributed by atoms with Crippen LogP contribution in [0.25, 0.3) is 0 Å². The van der Waals surface area contributed by atoms with Gasteiger partial charge in [0.05, 0.1) is 6.54 Å². The molecule has 0 saturated heterocycles. The third kappa shape index (κ3) is 5.03. The van der Waals surface area contributed by atoms with Crippen molar-refractivity contribution in [2.45, 2.75) is 19.9 Å². The summed E-state index contributed by atoms with van der Waals surface area (Å²) in [5.41, 5.74) is 1.11. The summed E-state index contributed by atoms with van der Waals surface area (Å²) in [5, 5.41) is 10.6. The fourth-order valence-electron chi connectivity index (χ4n) is 1.68. The molecule has 0 aliphatic heterocycles. The second-order valence-corrected chi connectivity index (χ2v) is 4.71. The third-order valence-electron chi connectivity index (χ3n) is 2.70. The van der Waals surface area contributed by atoms with Gasteiger partial charge in [-0.15, -0.1) is 0 Å². The molecular weight excluding hydrogens is 292 g/mol. The van der Waals surface area contributed by atoms with Crippen LogP contribution in [0.1, 0.15) is 17.3 Å². The molecule has 2 rings (SSSR count). The lowest BCUT2D eigenvalue weighted by molar-refractivity contribution is 0.387. The summed E-state index contributed by atoms with van der Waals surface area (Å²) in [6.07, 6.45) is 2.59. The Morgan fingerprint density at radius 1 is 1.38 bits per heavy atom. The molecule has 2 aromatic heterocycles. The van der Waals surface area contributed by atoms with E-state index in [-0.39, 0.29) is 0 Å². The number of aliphatic imine (C=N–C) groups is 1. The Kier molecular flexibility index (Phi) is 5.51. The van der Waals surface area contributed by atoms with Crippen LogP contribution in [0.15, 0.2) is 27.8 Å². The zero-order valence-electron chi connectivity index (χ0n) is 11.9. The maximum Gasteiger partial charge on any atom is 0.223 e. The smallest absolute Gasteiger partial charge is 0.223 e. The SMILES string of the molecule is CN=C(NCCc1ccc(Cl)nc1)NCc1noc(C)n1. The van der Waals surface area contributed by atoms with E-state index in [0.29, 0.717) is 29.4 Å². The first-order valence-corrected chi connectivity index (χ1v) is 6.89. The number of rotatable bonds is 5. The average Bonchev–Trinajstić information content (AvgIpc) is 2.90. The monoisotopic (exact) mass is 308 g/mol. The van der Waals surface area contributed by atoms with Crippen LogP contribution in [0.2, 0.25) is 5.15 Å². The number of aromatic nitrogens is 3. The summed E-state index contributed by atoms with van der Waals surface area (Å²) in [6, 6.07) is 3.73. The fraction of sp³-hybridized carbons (Fsp3) is 0.385. The highest BCUT2D eigenvalue weighted by atomic mass is 35.5. The Hall–Kier alpha value is -2.15. The second kappa shape index (κ2) is 7.58. The van der Waals surface area contributed by atoms with Crippen molar-refractivity contribution in [3.05, 3.63) is 40.8 Å². The summed E-state index contributed by atoms with van der Waals surface area (Å²) in [4.78, 5) is 12.3. The molecule has 0 unspecified atom stereocenters. The van der Waals surface area contributed by atoms with E-state index in [1.807, 2.05) is 6.07 Å². The Balaban J connectivity index is 1.74. The number of guanidine groups is 1. The molecule has 0 bridgehead atoms. The molecule has 21 heavy (non-hydrogen) atoms. The minimum absolute atomic E-state index is 0.458. The maximum atomic E-state index is 5.74. The molecule has 0 radical (unpaired) electrons. The van der Waals surface area contributed by atoms with Gasteiger partial charge >= 0.3 is 0 Å². The summed E-state index contributed by atoms with van der Waals surface area (Å²) in [7, 11) is 1.71. The van der Waals surface area contributed by atoms with Crippen LogP contribution in [0.4, 0.5) is 0 Å². The van der Waals surface area contributed by atoms with Crippen LogP contribution in [-0.2, 0) is 13.0 Å². The lowest BCUT2D eigenvalue weighted by Crippen LogP contribution is -2.38. The first kappa shape index (κ1) is 15.2. The molecule has 2 heterocycles. The Bertz CT molecular complexity index is 595. The van der Waals surface area contributed by atoms with Crippen LogP contribution >= 0.6 is 11.6 Å². The first-order chi connectivity index (χ1) is 10.2. The highest BCUT2D eigenvalue weighted by Crippen LogP contribution is 2.05. The van der Waals surface area contributed by atoms with Gasteiger partial charge in [0.25, 0.3) is 0 Å². The van der Waals surface area contributed by atoms with Crippen molar-refractivity contribution >= 4 is 17.6 Å². The largest absolute Gasteiger partial charge is 0.356 e. The lowest BCUT2D eigenvalue weighted by Gasteiger charge is -2.10. The molecule has 0 spiro atoms. The summed E-state index contributed by atoms with van der Waals surface area (Å²) in [5.74, 6) is 1.82. The fourth-order valence-corrected chi connectivity index (χ4v) is 1.79. The van der Waals surface area contributed by atoms with E-state index >= 15 is 0 Å². The predicted molar refractivity (Wildman–Crippen MR) is 80.2 cm³/mol. The van der Waals surface area contributed by atoms with Crippen molar-refractivity contribution in [2.24, 2.45) is 4.99 Å². The number of aryl methyl sites for hydroxylation is 1. The molecule has 0 saturated carbocycles. The normalized spacial score (nSPS) is 11.5. The zero-order valence-corrected chi connectivity index (χ0v) is 12.7. The number of halogens is 1. The molecule has 2 N–H and O–H groups in total. The lowest BCUT2D eigenvalue weighted by atomic mass is 10.2. The van der Waals surface area contributed by atoms with Gasteiger partial charge in [0, 0.05) is 26.7 Å². The van der Waals surface area contributed by atoms with Gasteiger partial charge in [-0.25, -0.2) is 4.98 Å². The van der Waals surface area contributed by atoms with E-state index < -0.39 is 0 Å². The van der Waals surface area contributed by atoms with Gasteiger partial charge in [-0.05, 0) is 18.1 Å². The quantitative estimate of drug-likeness (QED) is 0.492. The van der Waals surface area contributed by atoms with Gasteiger partial charge in [0.2, 0.25) is 5.89 Å². The van der Waals surface area contributed by atoms with Crippen molar-refractivity contribution in [3.8, 4) is 0 Å². The minimum atomic E-state index is 0.458. The van der Waals surface area contributed by atoms with Gasteiger partial charge in [-0.3, -0.25) is 4.99 Å². The van der Waals surface area contributed by atoms with Crippen LogP contribution in [0.3, 0.4) is 0 Å². The predicted octanol–water partition coefficient (Wildman–Crippen LogP) is 1.33. The van der Waals surface area contributed by atoms with Crippen LogP contribution < -0.4 is 10.6 Å². The number of nitrogens with zero attached hydrogens (tertiary/aromatic N) is 4. The van der Waals surface area contributed by atoms with E-state index in [4.69, 9.17) is 16.1 Å². The molecule has 0 aliphatic carbocycles. The van der Waals surface area contributed by atoms with Gasteiger partial charge < -0.3 is 15.2 Å². The van der Waals surface area contributed by atoms with Crippen molar-refractivity contribution in [3.63, 3.8) is 0 Å². The number of nitrogens with one attached hydrogen (secondary N) is 2. The van der Waals surface area contributed by atoms with Gasteiger partial charge in [-0.1, -0.05) is 22.8 Å². The molecule has 0 aliphatic rings. The Morgan fingerprint density at radius 2 is 2.24 bits per heavy atom. The molecule has 0 fully saturated rings. The first-order valence-electron chi connectivity index (χ1n) is 6.51. The topological polar surface area (TPSA) is 88.2 Å². The van der Waals surface area contributed by atoms with Crippen LogP contribution in [0.5, 0.6) is 0 Å². The van der Waals surface area contributed by atoms with E-state index in [0.717, 1.165) is 18.5 Å². The highest BCUT2D eigenvalue weighted by molar-refractivity contribution is 6.29. The zero-order chi connectivity index (χ0) is 15.1. The molecule has 112 valence electrons. The summed E-state index contributed by atoms with van der Waals surface area (Å²) in [6.45, 7) is 2.94. The third-order valence-corrected chi connectivity index (χ3v) is 2.93. The summed E-state index contributed by atoms with van der Waals surface area (Å²) < 4.78 is 4.90. The molecular formula is C13H17ClN6O. The molecule has 7 nitrogen and oxygen atoms in total. The van der Waals surface area contributed by atoms with Crippen molar-refractivity contribution in [1.29, 1.82) is 0 Å². The van der Waals surface area contributed by atoms with E-state index in [9.17, 15) is 0 Å². The Morgan fingerprint density at radius 3 is 2.86 bits per heavy atom. The molecule has 0 amide bonds. The number of hydrogen-bond donors (Lipinski definition) is 2. The molecule has 2 aromatic rings. The summed E-state index contributed by atoms with van der Waals surface area (Å²) >= 11 is 5.74.